The lowest BCUT2D eigenvalue weighted by molar-refractivity contribution is 0.164. The maximum Gasteiger partial charge on any atom is 0.126 e. The highest BCUT2D eigenvalue weighted by Crippen LogP contribution is 2.34. The van der Waals surface area contributed by atoms with Crippen LogP contribution in [0.3, 0.4) is 0 Å². The molecule has 1 saturated carbocycles. The third-order valence-electron chi connectivity index (χ3n) is 3.09. The zero-order chi connectivity index (χ0) is 10.1. The Morgan fingerprint density at radius 1 is 1.36 bits per heavy atom. The Balaban J connectivity index is 2.28. The van der Waals surface area contributed by atoms with Gasteiger partial charge in [-0.25, -0.2) is 4.39 Å². The Morgan fingerprint density at radius 2 is 2.14 bits per heavy atom. The predicted molar refractivity (Wildman–Crippen MR) is 53.7 cm³/mol. The molecule has 0 aromatic heterocycles. The molecule has 1 aromatic rings. The summed E-state index contributed by atoms with van der Waals surface area (Å²) < 4.78 is 13.0. The molecular weight excluding hydrogens is 179 g/mol. The van der Waals surface area contributed by atoms with E-state index in [1.165, 1.54) is 6.07 Å². The molecule has 0 saturated heterocycles. The van der Waals surface area contributed by atoms with E-state index < -0.39 is 0 Å². The van der Waals surface area contributed by atoms with Gasteiger partial charge in [0.1, 0.15) is 5.82 Å². The number of hydrogen-bond acceptors (Lipinski definition) is 1. The molecule has 1 nitrogen and oxygen atoms in total. The van der Waals surface area contributed by atoms with E-state index in [1.54, 1.807) is 13.0 Å². The number of benzene rings is 1. The molecule has 1 N–H and O–H groups in total. The molecule has 1 aliphatic rings. The summed E-state index contributed by atoms with van der Waals surface area (Å²) in [7, 11) is 0. The summed E-state index contributed by atoms with van der Waals surface area (Å²) >= 11 is 0. The molecule has 14 heavy (non-hydrogen) atoms. The van der Waals surface area contributed by atoms with Gasteiger partial charge in [-0.3, -0.25) is 0 Å². The average molecular weight is 194 g/mol. The molecule has 0 bridgehead atoms. The zero-order valence-corrected chi connectivity index (χ0v) is 8.33. The third-order valence-corrected chi connectivity index (χ3v) is 3.09. The maximum atomic E-state index is 13.0. The Hall–Kier alpha value is -0.890. The van der Waals surface area contributed by atoms with Gasteiger partial charge in [0, 0.05) is 5.92 Å². The Bertz CT molecular complexity index is 335. The van der Waals surface area contributed by atoms with Crippen molar-refractivity contribution < 1.29 is 9.50 Å². The highest BCUT2D eigenvalue weighted by atomic mass is 19.1. The minimum absolute atomic E-state index is 0.166. The molecule has 2 rings (SSSR count). The van der Waals surface area contributed by atoms with Crippen molar-refractivity contribution in [3.63, 3.8) is 0 Å². The van der Waals surface area contributed by atoms with Crippen LogP contribution >= 0.6 is 0 Å². The second-order valence-corrected chi connectivity index (χ2v) is 4.11. The molecule has 76 valence electrons. The topological polar surface area (TPSA) is 20.2 Å². The van der Waals surface area contributed by atoms with Crippen LogP contribution in [0.5, 0.6) is 0 Å². The molecule has 1 aromatic carbocycles. The highest BCUT2D eigenvalue weighted by molar-refractivity contribution is 5.28. The van der Waals surface area contributed by atoms with E-state index in [0.29, 0.717) is 5.56 Å². The predicted octanol–water partition coefficient (Wildman–Crippen LogP) is 2.76. The van der Waals surface area contributed by atoms with Gasteiger partial charge >= 0.3 is 0 Å². The molecular formula is C12H15FO. The number of halogens is 1. The largest absolute Gasteiger partial charge is 0.392 e. The molecule has 1 aliphatic carbocycles. The van der Waals surface area contributed by atoms with Crippen LogP contribution in [0.2, 0.25) is 0 Å². The summed E-state index contributed by atoms with van der Waals surface area (Å²) in [6.45, 7) is 1.76. The first-order valence-corrected chi connectivity index (χ1v) is 5.12. The number of rotatable bonds is 1. The van der Waals surface area contributed by atoms with Gasteiger partial charge in [-0.1, -0.05) is 18.6 Å². The SMILES string of the molecule is Cc1cc(C2CCCC2O)ccc1F. The van der Waals surface area contributed by atoms with Gasteiger partial charge in [-0.15, -0.1) is 0 Å². The summed E-state index contributed by atoms with van der Waals surface area (Å²) in [5, 5.41) is 9.71. The summed E-state index contributed by atoms with van der Waals surface area (Å²) in [6, 6.07) is 5.14. The molecule has 0 aliphatic heterocycles. The van der Waals surface area contributed by atoms with E-state index in [1.807, 2.05) is 6.07 Å². The van der Waals surface area contributed by atoms with Gasteiger partial charge in [0.15, 0.2) is 0 Å². The summed E-state index contributed by atoms with van der Waals surface area (Å²) in [5.41, 5.74) is 1.75. The first-order valence-electron chi connectivity index (χ1n) is 5.12. The zero-order valence-electron chi connectivity index (χ0n) is 8.33. The van der Waals surface area contributed by atoms with E-state index in [4.69, 9.17) is 0 Å². The molecule has 0 spiro atoms. The van der Waals surface area contributed by atoms with Gasteiger partial charge < -0.3 is 5.11 Å². The summed E-state index contributed by atoms with van der Waals surface area (Å²) in [4.78, 5) is 0. The van der Waals surface area contributed by atoms with Gasteiger partial charge in [-0.05, 0) is 37.0 Å². The van der Waals surface area contributed by atoms with E-state index in [-0.39, 0.29) is 17.8 Å². The summed E-state index contributed by atoms with van der Waals surface area (Å²) in [5.74, 6) is 0.0514. The summed E-state index contributed by atoms with van der Waals surface area (Å²) in [6.07, 6.45) is 2.73. The number of aryl methyl sites for hydroxylation is 1. The van der Waals surface area contributed by atoms with Crippen LogP contribution in [-0.2, 0) is 0 Å². The molecule has 2 atom stereocenters. The van der Waals surface area contributed by atoms with Crippen molar-refractivity contribution in [2.45, 2.75) is 38.2 Å². The fourth-order valence-corrected chi connectivity index (χ4v) is 2.23. The van der Waals surface area contributed by atoms with Crippen molar-refractivity contribution in [3.05, 3.63) is 35.1 Å². The molecule has 1 fully saturated rings. The molecule has 0 radical (unpaired) electrons. The molecule has 0 amide bonds. The van der Waals surface area contributed by atoms with Crippen molar-refractivity contribution in [2.24, 2.45) is 0 Å². The van der Waals surface area contributed by atoms with E-state index >= 15 is 0 Å². The van der Waals surface area contributed by atoms with Crippen LogP contribution in [0, 0.1) is 12.7 Å². The third kappa shape index (κ3) is 1.67. The van der Waals surface area contributed by atoms with Crippen molar-refractivity contribution in [1.29, 1.82) is 0 Å². The van der Waals surface area contributed by atoms with Gasteiger partial charge in [0.2, 0.25) is 0 Å². The lowest BCUT2D eigenvalue weighted by atomic mass is 9.94. The Morgan fingerprint density at radius 3 is 2.71 bits per heavy atom. The van der Waals surface area contributed by atoms with Crippen molar-refractivity contribution in [3.8, 4) is 0 Å². The van der Waals surface area contributed by atoms with Crippen molar-refractivity contribution in [1.82, 2.24) is 0 Å². The average Bonchev–Trinajstić information content (AvgIpc) is 2.57. The first-order chi connectivity index (χ1) is 6.68. The van der Waals surface area contributed by atoms with Gasteiger partial charge in [0.25, 0.3) is 0 Å². The van der Waals surface area contributed by atoms with E-state index in [9.17, 15) is 9.50 Å². The number of aliphatic hydroxyl groups excluding tert-OH is 1. The van der Waals surface area contributed by atoms with Crippen LogP contribution in [-0.4, -0.2) is 11.2 Å². The Labute approximate surface area is 83.6 Å². The van der Waals surface area contributed by atoms with E-state index in [0.717, 1.165) is 24.8 Å². The van der Waals surface area contributed by atoms with Crippen LogP contribution in [0.4, 0.5) is 4.39 Å². The van der Waals surface area contributed by atoms with Crippen LogP contribution in [0.15, 0.2) is 18.2 Å². The second-order valence-electron chi connectivity index (χ2n) is 4.11. The lowest BCUT2D eigenvalue weighted by Gasteiger charge is -2.15. The highest BCUT2D eigenvalue weighted by Gasteiger charge is 2.26. The standard InChI is InChI=1S/C12H15FO/c1-8-7-9(5-6-11(8)13)10-3-2-4-12(10)14/h5-7,10,12,14H,2-4H2,1H3. The van der Waals surface area contributed by atoms with Crippen LogP contribution < -0.4 is 0 Å². The Kier molecular flexibility index (Phi) is 2.55. The van der Waals surface area contributed by atoms with Crippen LogP contribution in [0.25, 0.3) is 0 Å². The minimum Gasteiger partial charge on any atom is -0.392 e. The van der Waals surface area contributed by atoms with Crippen molar-refractivity contribution >= 4 is 0 Å². The van der Waals surface area contributed by atoms with Gasteiger partial charge in [-0.2, -0.15) is 0 Å². The van der Waals surface area contributed by atoms with Crippen molar-refractivity contribution in [2.75, 3.05) is 0 Å². The fraction of sp³-hybridized carbons (Fsp3) is 0.500. The first kappa shape index (κ1) is 9.66. The van der Waals surface area contributed by atoms with E-state index in [2.05, 4.69) is 0 Å². The quantitative estimate of drug-likeness (QED) is 0.728. The monoisotopic (exact) mass is 194 g/mol. The van der Waals surface area contributed by atoms with Gasteiger partial charge in [0.05, 0.1) is 6.10 Å². The normalized spacial score (nSPS) is 26.8. The van der Waals surface area contributed by atoms with Crippen LogP contribution in [0.1, 0.15) is 36.3 Å². The maximum absolute atomic E-state index is 13.0. The molecule has 0 heterocycles. The second kappa shape index (κ2) is 3.70. The molecule has 2 unspecified atom stereocenters. The fourth-order valence-electron chi connectivity index (χ4n) is 2.23. The minimum atomic E-state index is -0.236. The lowest BCUT2D eigenvalue weighted by Crippen LogP contribution is -2.11. The smallest absolute Gasteiger partial charge is 0.126 e. The number of hydrogen-bond donors (Lipinski definition) is 1. The molecule has 2 heteroatoms. The number of aliphatic hydroxyl groups is 1.